The van der Waals surface area contributed by atoms with E-state index in [0.717, 1.165) is 0 Å². The molecule has 0 saturated heterocycles. The lowest BCUT2D eigenvalue weighted by molar-refractivity contribution is 0.624. The van der Waals surface area contributed by atoms with E-state index in [-0.39, 0.29) is 0 Å². The summed E-state index contributed by atoms with van der Waals surface area (Å²) in [6.45, 7) is 14.1. The summed E-state index contributed by atoms with van der Waals surface area (Å²) in [6.07, 6.45) is 5.27. The van der Waals surface area contributed by atoms with Gasteiger partial charge in [-0.15, -0.1) is 0 Å². The molecule has 0 bridgehead atoms. The predicted molar refractivity (Wildman–Crippen MR) is 82.9 cm³/mol. The van der Waals surface area contributed by atoms with Gasteiger partial charge in [0, 0.05) is 21.0 Å². The van der Waals surface area contributed by atoms with Gasteiger partial charge in [0.05, 0.1) is 0 Å². The van der Waals surface area contributed by atoms with Crippen LogP contribution >= 0.6 is 23.5 Å². The molecule has 0 rings (SSSR count). The lowest BCUT2D eigenvalue weighted by atomic mass is 10.1. The lowest BCUT2D eigenvalue weighted by Crippen LogP contribution is -2.18. The van der Waals surface area contributed by atoms with Crippen molar-refractivity contribution >= 4 is 23.5 Å². The Morgan fingerprint density at radius 2 is 1.00 bits per heavy atom. The molecule has 2 heteroatoms. The normalized spacial score (nSPS) is 13.1. The summed E-state index contributed by atoms with van der Waals surface area (Å²) in [6, 6.07) is 0. The molecular weight excluding hydrogens is 232 g/mol. The van der Waals surface area contributed by atoms with Crippen LogP contribution in [0, 0.1) is 0 Å². The Morgan fingerprint density at radius 3 is 1.25 bits per heavy atom. The van der Waals surface area contributed by atoms with Crippen LogP contribution in [-0.4, -0.2) is 21.0 Å². The highest BCUT2D eigenvalue weighted by molar-refractivity contribution is 8.04. The van der Waals surface area contributed by atoms with Crippen LogP contribution in [0.1, 0.15) is 67.2 Å². The fourth-order valence-electron chi connectivity index (χ4n) is 1.98. The first-order valence-corrected chi connectivity index (χ1v) is 8.58. The fraction of sp³-hybridized carbons (Fsp3) is 1.00. The Kier molecular flexibility index (Phi) is 8.26. The maximum absolute atomic E-state index is 2.38. The zero-order valence-electron chi connectivity index (χ0n) is 12.1. The fourth-order valence-corrected chi connectivity index (χ4v) is 4.45. The van der Waals surface area contributed by atoms with Crippen LogP contribution in [0.25, 0.3) is 0 Å². The molecule has 16 heavy (non-hydrogen) atoms. The second-order valence-electron chi connectivity index (χ2n) is 5.72. The summed E-state index contributed by atoms with van der Waals surface area (Å²) in [5.74, 6) is 2.59. The van der Waals surface area contributed by atoms with Crippen molar-refractivity contribution < 1.29 is 0 Å². The van der Waals surface area contributed by atoms with Crippen LogP contribution in [0.2, 0.25) is 0 Å². The molecule has 0 amide bonds. The van der Waals surface area contributed by atoms with Crippen molar-refractivity contribution in [2.75, 3.05) is 11.5 Å². The van der Waals surface area contributed by atoms with Gasteiger partial charge in [-0.1, -0.05) is 54.4 Å². The van der Waals surface area contributed by atoms with Gasteiger partial charge in [0.25, 0.3) is 0 Å². The first-order valence-electron chi connectivity index (χ1n) is 6.61. The molecule has 0 nitrogen and oxygen atoms in total. The van der Waals surface area contributed by atoms with Gasteiger partial charge in [0.15, 0.2) is 0 Å². The van der Waals surface area contributed by atoms with Gasteiger partial charge in [0.1, 0.15) is 0 Å². The molecule has 0 fully saturated rings. The van der Waals surface area contributed by atoms with Crippen LogP contribution in [0.3, 0.4) is 0 Å². The lowest BCUT2D eigenvalue weighted by Gasteiger charge is -2.26. The van der Waals surface area contributed by atoms with E-state index in [2.05, 4.69) is 65.1 Å². The molecule has 0 aromatic heterocycles. The number of hydrogen-bond acceptors (Lipinski definition) is 2. The molecule has 0 saturated carbocycles. The van der Waals surface area contributed by atoms with Gasteiger partial charge < -0.3 is 0 Å². The highest BCUT2D eigenvalue weighted by Gasteiger charge is 2.19. The zero-order valence-corrected chi connectivity index (χ0v) is 13.7. The third-order valence-electron chi connectivity index (χ3n) is 2.77. The summed E-state index contributed by atoms with van der Waals surface area (Å²) in [7, 11) is 0. The molecule has 0 aliphatic heterocycles. The van der Waals surface area contributed by atoms with Gasteiger partial charge in [0.2, 0.25) is 0 Å². The SMILES string of the molecule is CCCC(C)(C)SCCSC(C)(C)CCC. The molecule has 0 aliphatic rings. The average Bonchev–Trinajstić information content (AvgIpc) is 2.12. The van der Waals surface area contributed by atoms with Crippen molar-refractivity contribution in [3.63, 3.8) is 0 Å². The van der Waals surface area contributed by atoms with E-state index in [0.29, 0.717) is 9.49 Å². The summed E-state index contributed by atoms with van der Waals surface area (Å²) in [5, 5.41) is 0. The van der Waals surface area contributed by atoms with Crippen molar-refractivity contribution in [2.24, 2.45) is 0 Å². The first kappa shape index (κ1) is 16.7. The minimum absolute atomic E-state index is 0.476. The highest BCUT2D eigenvalue weighted by Crippen LogP contribution is 2.33. The van der Waals surface area contributed by atoms with Crippen molar-refractivity contribution in [2.45, 2.75) is 76.7 Å². The van der Waals surface area contributed by atoms with E-state index in [1.165, 1.54) is 37.2 Å². The maximum Gasteiger partial charge on any atom is 0.0103 e. The van der Waals surface area contributed by atoms with Crippen LogP contribution in [0.15, 0.2) is 0 Å². The van der Waals surface area contributed by atoms with Crippen LogP contribution < -0.4 is 0 Å². The van der Waals surface area contributed by atoms with E-state index in [9.17, 15) is 0 Å². The monoisotopic (exact) mass is 262 g/mol. The highest BCUT2D eigenvalue weighted by atomic mass is 32.2. The topological polar surface area (TPSA) is 0 Å². The molecule has 0 atom stereocenters. The van der Waals surface area contributed by atoms with Crippen LogP contribution in [-0.2, 0) is 0 Å². The quantitative estimate of drug-likeness (QED) is 0.495. The minimum atomic E-state index is 0.476. The van der Waals surface area contributed by atoms with Crippen molar-refractivity contribution in [3.05, 3.63) is 0 Å². The van der Waals surface area contributed by atoms with E-state index in [1.807, 2.05) is 0 Å². The third-order valence-corrected chi connectivity index (χ3v) is 5.82. The van der Waals surface area contributed by atoms with Crippen molar-refractivity contribution in [1.29, 1.82) is 0 Å². The molecule has 0 aliphatic carbocycles. The molecule has 0 N–H and O–H groups in total. The van der Waals surface area contributed by atoms with Crippen LogP contribution in [0.4, 0.5) is 0 Å². The number of hydrogen-bond donors (Lipinski definition) is 0. The Morgan fingerprint density at radius 1 is 0.688 bits per heavy atom. The molecule has 0 heterocycles. The first-order chi connectivity index (χ1) is 7.33. The summed E-state index contributed by atoms with van der Waals surface area (Å²) >= 11 is 4.28. The smallest absolute Gasteiger partial charge is 0.0103 e. The van der Waals surface area contributed by atoms with E-state index in [4.69, 9.17) is 0 Å². The molecule has 0 spiro atoms. The Hall–Kier alpha value is 0.700. The summed E-state index contributed by atoms with van der Waals surface area (Å²) < 4.78 is 0.953. The largest absolute Gasteiger partial charge is 0.155 e. The zero-order chi connectivity index (χ0) is 12.7. The molecule has 0 aromatic carbocycles. The van der Waals surface area contributed by atoms with Gasteiger partial charge in [-0.05, 0) is 12.8 Å². The minimum Gasteiger partial charge on any atom is -0.155 e. The van der Waals surface area contributed by atoms with Crippen molar-refractivity contribution in [1.82, 2.24) is 0 Å². The van der Waals surface area contributed by atoms with Gasteiger partial charge in [-0.2, -0.15) is 23.5 Å². The second-order valence-corrected chi connectivity index (χ2v) is 9.32. The van der Waals surface area contributed by atoms with E-state index >= 15 is 0 Å². The molecule has 98 valence electrons. The number of thioether (sulfide) groups is 2. The summed E-state index contributed by atoms with van der Waals surface area (Å²) in [5.41, 5.74) is 0. The second kappa shape index (κ2) is 7.92. The van der Waals surface area contributed by atoms with Crippen molar-refractivity contribution in [3.8, 4) is 0 Å². The average molecular weight is 263 g/mol. The Bertz CT molecular complexity index is 154. The Labute approximate surface area is 112 Å². The standard InChI is InChI=1S/C14H30S2/c1-7-9-13(3,4)15-11-12-16-14(5,6)10-8-2/h7-12H2,1-6H3. The summed E-state index contributed by atoms with van der Waals surface area (Å²) in [4.78, 5) is 0. The molecule has 0 radical (unpaired) electrons. The number of rotatable bonds is 9. The maximum atomic E-state index is 2.38. The molecule has 0 unspecified atom stereocenters. The van der Waals surface area contributed by atoms with Gasteiger partial charge in [-0.3, -0.25) is 0 Å². The van der Waals surface area contributed by atoms with Gasteiger partial charge in [-0.25, -0.2) is 0 Å². The molecule has 0 aromatic rings. The van der Waals surface area contributed by atoms with Gasteiger partial charge >= 0.3 is 0 Å². The van der Waals surface area contributed by atoms with Crippen LogP contribution in [0.5, 0.6) is 0 Å². The predicted octanol–water partition coefficient (Wildman–Crippen LogP) is 5.61. The third kappa shape index (κ3) is 8.81. The Balaban J connectivity index is 3.67. The van der Waals surface area contributed by atoms with E-state index in [1.54, 1.807) is 0 Å². The van der Waals surface area contributed by atoms with E-state index < -0.39 is 0 Å². The molecular formula is C14H30S2.